The van der Waals surface area contributed by atoms with Gasteiger partial charge in [-0.15, -0.1) is 0 Å². The Morgan fingerprint density at radius 3 is 2.52 bits per heavy atom. The van der Waals surface area contributed by atoms with Gasteiger partial charge in [0.15, 0.2) is 0 Å². The normalized spacial score (nSPS) is 11.0. The molecule has 0 aromatic carbocycles. The maximum absolute atomic E-state index is 11.8. The molecular weight excluding hydrogens is 290 g/mol. The number of H-pyrrole nitrogens is 1. The summed E-state index contributed by atoms with van der Waals surface area (Å²) < 4.78 is 0. The molecule has 2 rings (SSSR count). The monoisotopic (exact) mass is 315 g/mol. The van der Waals surface area contributed by atoms with Crippen molar-refractivity contribution in [2.24, 2.45) is 0 Å². The fourth-order valence-electron chi connectivity index (χ4n) is 2.30. The van der Waals surface area contributed by atoms with Crippen molar-refractivity contribution in [3.05, 3.63) is 39.9 Å². The van der Waals surface area contributed by atoms with Crippen LogP contribution < -0.4 is 10.9 Å². The topological polar surface area (TPSA) is 73.9 Å². The third kappa shape index (κ3) is 4.39. The third-order valence-corrected chi connectivity index (χ3v) is 4.06. The molecule has 23 heavy (non-hydrogen) atoms. The highest BCUT2D eigenvalue weighted by Gasteiger charge is 2.06. The minimum Gasteiger partial charge on any atom is -0.369 e. The maximum Gasteiger partial charge on any atom is 0.254 e. The minimum absolute atomic E-state index is 0.103. The Hall–Kier alpha value is -2.21. The van der Waals surface area contributed by atoms with Gasteiger partial charge in [-0.25, -0.2) is 9.97 Å². The number of nitrogens with zero attached hydrogens (tertiary/aromatic N) is 3. The molecule has 0 unspecified atom stereocenters. The molecule has 0 fully saturated rings. The van der Waals surface area contributed by atoms with Crippen LogP contribution in [0.3, 0.4) is 0 Å². The largest absolute Gasteiger partial charge is 0.369 e. The van der Waals surface area contributed by atoms with E-state index < -0.39 is 0 Å². The van der Waals surface area contributed by atoms with Crippen molar-refractivity contribution in [2.45, 2.75) is 27.7 Å². The van der Waals surface area contributed by atoms with E-state index in [1.165, 1.54) is 0 Å². The van der Waals surface area contributed by atoms with Gasteiger partial charge in [0.2, 0.25) is 0 Å². The predicted octanol–water partition coefficient (Wildman–Crippen LogP) is 2.20. The van der Waals surface area contributed by atoms with E-state index in [2.05, 4.69) is 39.0 Å². The molecular formula is C17H25N5O. The highest BCUT2D eigenvalue weighted by atomic mass is 16.1. The average molecular weight is 315 g/mol. The summed E-state index contributed by atoms with van der Waals surface area (Å²) >= 11 is 0. The Morgan fingerprint density at radius 1 is 1.22 bits per heavy atom. The Morgan fingerprint density at radius 2 is 1.96 bits per heavy atom. The first-order valence-corrected chi connectivity index (χ1v) is 8.05. The Bertz CT molecular complexity index is 689. The minimum atomic E-state index is -0.103. The molecule has 0 aliphatic carbocycles. The van der Waals surface area contributed by atoms with Crippen LogP contribution in [0.25, 0.3) is 11.4 Å². The van der Waals surface area contributed by atoms with Crippen LogP contribution in [0.4, 0.5) is 5.82 Å². The van der Waals surface area contributed by atoms with Crippen LogP contribution in [0.2, 0.25) is 0 Å². The number of aromatic amines is 1. The van der Waals surface area contributed by atoms with Crippen molar-refractivity contribution in [3.8, 4) is 11.4 Å². The van der Waals surface area contributed by atoms with Crippen molar-refractivity contribution in [1.29, 1.82) is 0 Å². The van der Waals surface area contributed by atoms with Crippen LogP contribution in [0, 0.1) is 13.8 Å². The van der Waals surface area contributed by atoms with E-state index in [9.17, 15) is 4.79 Å². The number of hydrogen-bond acceptors (Lipinski definition) is 5. The molecule has 2 aromatic rings. The predicted molar refractivity (Wildman–Crippen MR) is 93.8 cm³/mol. The number of anilines is 1. The first-order chi connectivity index (χ1) is 11.0. The highest BCUT2D eigenvalue weighted by molar-refractivity contribution is 5.56. The maximum atomic E-state index is 11.8. The van der Waals surface area contributed by atoms with Gasteiger partial charge in [0, 0.05) is 36.1 Å². The van der Waals surface area contributed by atoms with Crippen molar-refractivity contribution in [3.63, 3.8) is 0 Å². The van der Waals surface area contributed by atoms with Crippen LogP contribution in [-0.2, 0) is 0 Å². The highest BCUT2D eigenvalue weighted by Crippen LogP contribution is 2.15. The van der Waals surface area contributed by atoms with Gasteiger partial charge in [-0.3, -0.25) is 4.79 Å². The van der Waals surface area contributed by atoms with Crippen molar-refractivity contribution < 1.29 is 0 Å². The van der Waals surface area contributed by atoms with E-state index in [1.807, 2.05) is 19.1 Å². The van der Waals surface area contributed by atoms with Crippen LogP contribution in [0.15, 0.2) is 23.1 Å². The van der Waals surface area contributed by atoms with E-state index in [1.54, 1.807) is 13.1 Å². The van der Waals surface area contributed by atoms with Gasteiger partial charge in [0.25, 0.3) is 5.56 Å². The fraction of sp³-hybridized carbons (Fsp3) is 0.471. The van der Waals surface area contributed by atoms with Crippen LogP contribution in [0.1, 0.15) is 25.1 Å². The van der Waals surface area contributed by atoms with E-state index >= 15 is 0 Å². The van der Waals surface area contributed by atoms with Crippen LogP contribution in [0.5, 0.6) is 0 Å². The van der Waals surface area contributed by atoms with Gasteiger partial charge in [0.05, 0.1) is 0 Å². The zero-order valence-electron chi connectivity index (χ0n) is 14.3. The zero-order valence-corrected chi connectivity index (χ0v) is 14.3. The molecule has 2 N–H and O–H groups in total. The second-order valence-electron chi connectivity index (χ2n) is 5.51. The number of likely N-dealkylation sites (N-methyl/N-ethyl adjacent to an activating group) is 1. The summed E-state index contributed by atoms with van der Waals surface area (Å²) in [5.74, 6) is 1.38. The van der Waals surface area contributed by atoms with Gasteiger partial charge in [-0.05, 0) is 39.1 Å². The molecule has 0 spiro atoms. The summed E-state index contributed by atoms with van der Waals surface area (Å²) in [5, 5.41) is 3.31. The molecule has 0 aliphatic heterocycles. The lowest BCUT2D eigenvalue weighted by Crippen LogP contribution is -2.28. The second kappa shape index (κ2) is 7.87. The van der Waals surface area contributed by atoms with E-state index in [-0.39, 0.29) is 5.56 Å². The SMILES string of the molecule is CCN(CC)CCNc1ccc(-c2nc(C)c(C)c(=O)[nH]2)cn1. The summed E-state index contributed by atoms with van der Waals surface area (Å²) in [6.07, 6.45) is 1.73. The first-order valence-electron chi connectivity index (χ1n) is 8.05. The van der Waals surface area contributed by atoms with E-state index in [0.717, 1.165) is 43.3 Å². The van der Waals surface area contributed by atoms with E-state index in [4.69, 9.17) is 0 Å². The van der Waals surface area contributed by atoms with Gasteiger partial charge in [-0.2, -0.15) is 0 Å². The molecule has 0 saturated heterocycles. The summed E-state index contributed by atoms with van der Waals surface area (Å²) in [6, 6.07) is 3.83. The molecule has 0 bridgehead atoms. The van der Waals surface area contributed by atoms with Crippen LogP contribution in [-0.4, -0.2) is 46.0 Å². The lowest BCUT2D eigenvalue weighted by molar-refractivity contribution is 0.316. The van der Waals surface area contributed by atoms with Crippen molar-refractivity contribution in [1.82, 2.24) is 19.9 Å². The number of aryl methyl sites for hydroxylation is 1. The van der Waals surface area contributed by atoms with Crippen molar-refractivity contribution >= 4 is 5.82 Å². The fourth-order valence-corrected chi connectivity index (χ4v) is 2.30. The van der Waals surface area contributed by atoms with Gasteiger partial charge >= 0.3 is 0 Å². The second-order valence-corrected chi connectivity index (χ2v) is 5.51. The first kappa shape index (κ1) is 17.1. The summed E-state index contributed by atoms with van der Waals surface area (Å²) in [5.41, 5.74) is 2.09. The van der Waals surface area contributed by atoms with Gasteiger partial charge < -0.3 is 15.2 Å². The molecule has 2 heterocycles. The molecule has 2 aromatic heterocycles. The van der Waals surface area contributed by atoms with Gasteiger partial charge in [-0.1, -0.05) is 13.8 Å². The lowest BCUT2D eigenvalue weighted by atomic mass is 10.2. The zero-order chi connectivity index (χ0) is 16.8. The Balaban J connectivity index is 2.04. The summed E-state index contributed by atoms with van der Waals surface area (Å²) in [6.45, 7) is 11.9. The average Bonchev–Trinajstić information content (AvgIpc) is 2.57. The lowest BCUT2D eigenvalue weighted by Gasteiger charge is -2.18. The number of rotatable bonds is 7. The number of aromatic nitrogens is 3. The Kier molecular flexibility index (Phi) is 5.87. The quantitative estimate of drug-likeness (QED) is 0.819. The number of pyridine rings is 1. The molecule has 6 nitrogen and oxygen atoms in total. The standard InChI is InChI=1S/C17H25N5O/c1-5-22(6-2)10-9-18-15-8-7-14(11-19-15)16-20-13(4)12(3)17(23)21-16/h7-8,11H,5-6,9-10H2,1-4H3,(H,18,19)(H,20,21,23). The number of nitrogens with one attached hydrogen (secondary N) is 2. The molecule has 0 atom stereocenters. The number of hydrogen-bond donors (Lipinski definition) is 2. The molecule has 124 valence electrons. The summed E-state index contributed by atoms with van der Waals surface area (Å²) in [7, 11) is 0. The molecule has 0 amide bonds. The van der Waals surface area contributed by atoms with Crippen LogP contribution >= 0.6 is 0 Å². The molecule has 0 saturated carbocycles. The third-order valence-electron chi connectivity index (χ3n) is 4.06. The molecule has 0 radical (unpaired) electrons. The molecule has 6 heteroatoms. The molecule has 0 aliphatic rings. The van der Waals surface area contributed by atoms with Crippen molar-refractivity contribution in [2.75, 3.05) is 31.5 Å². The smallest absolute Gasteiger partial charge is 0.254 e. The Labute approximate surface area is 137 Å². The summed E-state index contributed by atoms with van der Waals surface area (Å²) in [4.78, 5) is 25.8. The van der Waals surface area contributed by atoms with Gasteiger partial charge in [0.1, 0.15) is 11.6 Å². The van der Waals surface area contributed by atoms with E-state index in [0.29, 0.717) is 11.4 Å².